The molecule has 0 aliphatic rings. The van der Waals surface area contributed by atoms with Crippen molar-refractivity contribution in [3.8, 4) is 5.75 Å². The van der Waals surface area contributed by atoms with Crippen LogP contribution < -0.4 is 4.74 Å². The molecule has 0 amide bonds. The van der Waals surface area contributed by atoms with Crippen molar-refractivity contribution in [1.82, 2.24) is 20.2 Å². The molecule has 2 aromatic rings. The lowest BCUT2D eigenvalue weighted by atomic mass is 10.2. The summed E-state index contributed by atoms with van der Waals surface area (Å²) in [6, 6.07) is 7.93. The second kappa shape index (κ2) is 6.39. The highest BCUT2D eigenvalue weighted by atomic mass is 32.2. The van der Waals surface area contributed by atoms with E-state index in [1.807, 2.05) is 28.9 Å². The van der Waals surface area contributed by atoms with E-state index in [1.54, 1.807) is 18.9 Å². The molecule has 0 bridgehead atoms. The Hall–Kier alpha value is -1.56. The summed E-state index contributed by atoms with van der Waals surface area (Å²) in [5.74, 6) is 1.89. The molecule has 0 atom stereocenters. The molecule has 18 heavy (non-hydrogen) atoms. The molecule has 0 radical (unpaired) electrons. The van der Waals surface area contributed by atoms with Crippen molar-refractivity contribution in [3.63, 3.8) is 0 Å². The fourth-order valence-corrected chi connectivity index (χ4v) is 2.23. The van der Waals surface area contributed by atoms with Crippen molar-refractivity contribution in [2.24, 2.45) is 0 Å². The van der Waals surface area contributed by atoms with Crippen molar-refractivity contribution >= 4 is 11.8 Å². The van der Waals surface area contributed by atoms with Crippen LogP contribution in [0.4, 0.5) is 0 Å². The molecule has 0 spiro atoms. The van der Waals surface area contributed by atoms with Crippen LogP contribution in [0.25, 0.3) is 0 Å². The number of hydrogen-bond acceptors (Lipinski definition) is 5. The number of hydrogen-bond donors (Lipinski definition) is 0. The number of aromatic nitrogens is 4. The van der Waals surface area contributed by atoms with Gasteiger partial charge in [0.15, 0.2) is 0 Å². The number of tetrazole rings is 1. The van der Waals surface area contributed by atoms with Crippen molar-refractivity contribution in [2.75, 3.05) is 12.9 Å². The fourth-order valence-electron chi connectivity index (χ4n) is 1.50. The summed E-state index contributed by atoms with van der Waals surface area (Å²) in [5, 5.41) is 12.6. The Morgan fingerprint density at radius 2 is 2.06 bits per heavy atom. The van der Waals surface area contributed by atoms with E-state index in [4.69, 9.17) is 4.74 Å². The molecule has 1 aromatic carbocycles. The van der Waals surface area contributed by atoms with Crippen molar-refractivity contribution in [2.45, 2.75) is 25.0 Å². The van der Waals surface area contributed by atoms with Gasteiger partial charge in [0.05, 0.1) is 13.7 Å². The predicted octanol–water partition coefficient (Wildman–Crippen LogP) is 2.23. The number of rotatable bonds is 6. The van der Waals surface area contributed by atoms with E-state index in [2.05, 4.69) is 22.4 Å². The molecular formula is C12H16N4OS. The third kappa shape index (κ3) is 3.22. The first-order valence-electron chi connectivity index (χ1n) is 5.85. The Kier molecular flexibility index (Phi) is 4.58. The number of benzene rings is 1. The molecule has 0 saturated heterocycles. The van der Waals surface area contributed by atoms with Gasteiger partial charge in [0.1, 0.15) is 5.75 Å². The normalized spacial score (nSPS) is 10.6. The maximum Gasteiger partial charge on any atom is 0.209 e. The highest BCUT2D eigenvalue weighted by Gasteiger charge is 2.06. The molecule has 0 aliphatic heterocycles. The van der Waals surface area contributed by atoms with Gasteiger partial charge in [0.2, 0.25) is 5.16 Å². The molecule has 5 nitrogen and oxygen atoms in total. The molecule has 96 valence electrons. The van der Waals surface area contributed by atoms with Gasteiger partial charge in [0, 0.05) is 5.75 Å². The molecule has 1 heterocycles. The van der Waals surface area contributed by atoms with Crippen LogP contribution in [0.3, 0.4) is 0 Å². The Balaban J connectivity index is 2.05. The van der Waals surface area contributed by atoms with Gasteiger partial charge in [-0.15, -0.1) is 5.10 Å². The molecule has 1 aromatic heterocycles. The van der Waals surface area contributed by atoms with Gasteiger partial charge in [-0.05, 0) is 34.5 Å². The van der Waals surface area contributed by atoms with Gasteiger partial charge in [0.25, 0.3) is 0 Å². The quantitative estimate of drug-likeness (QED) is 0.749. The highest BCUT2D eigenvalue weighted by Crippen LogP contribution is 2.17. The molecule has 0 fully saturated rings. The Morgan fingerprint density at radius 3 is 2.72 bits per heavy atom. The van der Waals surface area contributed by atoms with Gasteiger partial charge in [-0.3, -0.25) is 0 Å². The molecule has 0 saturated carbocycles. The summed E-state index contributed by atoms with van der Waals surface area (Å²) in [4.78, 5) is 0. The minimum Gasteiger partial charge on any atom is -0.497 e. The number of ether oxygens (including phenoxy) is 1. The van der Waals surface area contributed by atoms with Gasteiger partial charge < -0.3 is 4.74 Å². The molecule has 0 unspecified atom stereocenters. The van der Waals surface area contributed by atoms with E-state index in [-0.39, 0.29) is 0 Å². The lowest BCUT2D eigenvalue weighted by Crippen LogP contribution is -2.04. The summed E-state index contributed by atoms with van der Waals surface area (Å²) in [6.45, 7) is 2.83. The first kappa shape index (κ1) is 12.9. The zero-order valence-electron chi connectivity index (χ0n) is 10.5. The zero-order chi connectivity index (χ0) is 12.8. The monoisotopic (exact) mass is 264 g/mol. The molecule has 0 N–H and O–H groups in total. The Bertz CT molecular complexity index is 483. The molecule has 6 heteroatoms. The number of thioether (sulfide) groups is 1. The first-order chi connectivity index (χ1) is 8.83. The molecular weight excluding hydrogens is 248 g/mol. The van der Waals surface area contributed by atoms with Crippen LogP contribution in [0.1, 0.15) is 18.9 Å². The van der Waals surface area contributed by atoms with Crippen molar-refractivity contribution < 1.29 is 4.74 Å². The summed E-state index contributed by atoms with van der Waals surface area (Å²) in [7, 11) is 1.66. The van der Waals surface area contributed by atoms with Crippen LogP contribution in [0.15, 0.2) is 29.4 Å². The molecule has 2 rings (SSSR count). The zero-order valence-corrected chi connectivity index (χ0v) is 11.4. The standard InChI is InChI=1S/C12H16N4OS/c1-3-8-18-12-13-14-15-16(12)9-10-4-6-11(17-2)7-5-10/h4-7H,3,8-9H2,1-2H3. The van der Waals surface area contributed by atoms with Crippen LogP contribution in [-0.2, 0) is 6.54 Å². The van der Waals surface area contributed by atoms with E-state index < -0.39 is 0 Å². The minimum absolute atomic E-state index is 0.684. The highest BCUT2D eigenvalue weighted by molar-refractivity contribution is 7.99. The first-order valence-corrected chi connectivity index (χ1v) is 6.84. The maximum absolute atomic E-state index is 5.13. The minimum atomic E-state index is 0.684. The van der Waals surface area contributed by atoms with Crippen LogP contribution in [0.5, 0.6) is 5.75 Å². The summed E-state index contributed by atoms with van der Waals surface area (Å²) < 4.78 is 6.95. The van der Waals surface area contributed by atoms with Crippen molar-refractivity contribution in [3.05, 3.63) is 29.8 Å². The second-order valence-corrected chi connectivity index (χ2v) is 4.88. The third-order valence-electron chi connectivity index (χ3n) is 2.43. The summed E-state index contributed by atoms with van der Waals surface area (Å²) in [6.07, 6.45) is 1.11. The van der Waals surface area contributed by atoms with Gasteiger partial charge >= 0.3 is 0 Å². The van der Waals surface area contributed by atoms with Gasteiger partial charge in [-0.1, -0.05) is 30.8 Å². The van der Waals surface area contributed by atoms with Crippen LogP contribution >= 0.6 is 11.8 Å². The SMILES string of the molecule is CCCSc1nnnn1Cc1ccc(OC)cc1. The smallest absolute Gasteiger partial charge is 0.209 e. The Labute approximate surface area is 111 Å². The van der Waals surface area contributed by atoms with E-state index in [1.165, 1.54) is 0 Å². The maximum atomic E-state index is 5.13. The average molecular weight is 264 g/mol. The fraction of sp³-hybridized carbons (Fsp3) is 0.417. The topological polar surface area (TPSA) is 52.8 Å². The third-order valence-corrected chi connectivity index (χ3v) is 3.59. The summed E-state index contributed by atoms with van der Waals surface area (Å²) >= 11 is 1.68. The molecule has 0 aliphatic carbocycles. The summed E-state index contributed by atoms with van der Waals surface area (Å²) in [5.41, 5.74) is 1.15. The predicted molar refractivity (Wildman–Crippen MR) is 70.9 cm³/mol. The Morgan fingerprint density at radius 1 is 1.28 bits per heavy atom. The average Bonchev–Trinajstić information content (AvgIpc) is 2.84. The van der Waals surface area contributed by atoms with E-state index in [0.717, 1.165) is 28.6 Å². The number of methoxy groups -OCH3 is 1. The second-order valence-electron chi connectivity index (χ2n) is 3.82. The van der Waals surface area contributed by atoms with Crippen LogP contribution in [-0.4, -0.2) is 33.1 Å². The van der Waals surface area contributed by atoms with E-state index >= 15 is 0 Å². The van der Waals surface area contributed by atoms with E-state index in [9.17, 15) is 0 Å². The van der Waals surface area contributed by atoms with Gasteiger partial charge in [-0.2, -0.15) is 0 Å². The van der Waals surface area contributed by atoms with E-state index in [0.29, 0.717) is 6.54 Å². The lowest BCUT2D eigenvalue weighted by molar-refractivity contribution is 0.414. The van der Waals surface area contributed by atoms with Crippen LogP contribution in [0.2, 0.25) is 0 Å². The van der Waals surface area contributed by atoms with Crippen LogP contribution in [0, 0.1) is 0 Å². The van der Waals surface area contributed by atoms with Crippen molar-refractivity contribution in [1.29, 1.82) is 0 Å². The van der Waals surface area contributed by atoms with Gasteiger partial charge in [-0.25, -0.2) is 4.68 Å². The lowest BCUT2D eigenvalue weighted by Gasteiger charge is -2.05. The number of nitrogens with zero attached hydrogens (tertiary/aromatic N) is 4. The largest absolute Gasteiger partial charge is 0.497 e.